The van der Waals surface area contributed by atoms with Gasteiger partial charge in [0, 0.05) is 23.5 Å². The van der Waals surface area contributed by atoms with Crippen molar-refractivity contribution in [1.82, 2.24) is 9.38 Å². The first-order chi connectivity index (χ1) is 15.6. The molecule has 2 aromatic carbocycles. The van der Waals surface area contributed by atoms with E-state index >= 15 is 0 Å². The molecule has 164 valence electrons. The molecule has 0 saturated heterocycles. The highest BCUT2D eigenvalue weighted by atomic mass is 16.5. The number of aromatic hydroxyl groups is 1. The second kappa shape index (κ2) is 8.89. The van der Waals surface area contributed by atoms with Gasteiger partial charge in [-0.25, -0.2) is 9.98 Å². The van der Waals surface area contributed by atoms with Gasteiger partial charge in [0.25, 0.3) is 0 Å². The molecular weight excluding hydrogens is 410 g/mol. The van der Waals surface area contributed by atoms with Crippen LogP contribution in [-0.2, 0) is 0 Å². The first kappa shape index (κ1) is 21.0. The molecule has 0 radical (unpaired) electrons. The molecule has 0 bridgehead atoms. The first-order valence-electron chi connectivity index (χ1n) is 9.78. The van der Waals surface area contributed by atoms with Gasteiger partial charge in [0.15, 0.2) is 28.8 Å². The minimum absolute atomic E-state index is 0.0579. The molecule has 0 aliphatic rings. The predicted molar refractivity (Wildman–Crippen MR) is 122 cm³/mol. The van der Waals surface area contributed by atoms with Gasteiger partial charge in [-0.15, -0.1) is 0 Å². The van der Waals surface area contributed by atoms with Crippen molar-refractivity contribution in [2.45, 2.75) is 0 Å². The molecule has 8 heteroatoms. The van der Waals surface area contributed by atoms with Crippen molar-refractivity contribution in [3.63, 3.8) is 0 Å². The number of aliphatic imine (C=N–C) groups is 1. The number of rotatable bonds is 7. The van der Waals surface area contributed by atoms with Crippen molar-refractivity contribution < 1.29 is 24.1 Å². The molecule has 1 N–H and O–H groups in total. The number of pyridine rings is 1. The summed E-state index contributed by atoms with van der Waals surface area (Å²) in [7, 11) is 6.20. The number of ether oxygens (including phenoxy) is 4. The van der Waals surface area contributed by atoms with Crippen molar-refractivity contribution in [2.24, 2.45) is 4.99 Å². The number of phenolic OH excluding ortho intramolecular Hbond substituents is 1. The molecule has 0 aliphatic carbocycles. The van der Waals surface area contributed by atoms with E-state index in [0.29, 0.717) is 34.5 Å². The summed E-state index contributed by atoms with van der Waals surface area (Å²) in [5, 5.41) is 9.97. The number of methoxy groups -OCH3 is 4. The molecule has 0 spiro atoms. The zero-order valence-electron chi connectivity index (χ0n) is 18.2. The Kier molecular flexibility index (Phi) is 5.85. The Hall–Kier alpha value is -4.20. The summed E-state index contributed by atoms with van der Waals surface area (Å²) in [6.07, 6.45) is 3.60. The van der Waals surface area contributed by atoms with Gasteiger partial charge in [0.1, 0.15) is 11.3 Å². The highest BCUT2D eigenvalue weighted by Crippen LogP contribution is 2.39. The quantitative estimate of drug-likeness (QED) is 0.432. The Morgan fingerprint density at radius 3 is 2.25 bits per heavy atom. The van der Waals surface area contributed by atoms with Crippen LogP contribution in [0.5, 0.6) is 28.7 Å². The number of hydrogen-bond acceptors (Lipinski definition) is 7. The van der Waals surface area contributed by atoms with Crippen molar-refractivity contribution >= 4 is 17.7 Å². The third kappa shape index (κ3) is 3.78. The molecule has 0 aliphatic heterocycles. The molecule has 8 nitrogen and oxygen atoms in total. The lowest BCUT2D eigenvalue weighted by atomic mass is 10.1. The zero-order valence-corrected chi connectivity index (χ0v) is 18.2. The molecule has 0 unspecified atom stereocenters. The van der Waals surface area contributed by atoms with E-state index in [4.69, 9.17) is 28.9 Å². The maximum Gasteiger partial charge on any atom is 0.203 e. The number of aromatic nitrogens is 2. The lowest BCUT2D eigenvalue weighted by Crippen LogP contribution is -1.96. The van der Waals surface area contributed by atoms with Gasteiger partial charge in [-0.3, -0.25) is 4.40 Å². The predicted octanol–water partition coefficient (Wildman–Crippen LogP) is 4.49. The fourth-order valence-electron chi connectivity index (χ4n) is 3.44. The monoisotopic (exact) mass is 433 g/mol. The van der Waals surface area contributed by atoms with E-state index in [1.807, 2.05) is 40.9 Å². The van der Waals surface area contributed by atoms with E-state index in [1.165, 1.54) is 7.11 Å². The van der Waals surface area contributed by atoms with Crippen LogP contribution in [0.25, 0.3) is 16.9 Å². The highest BCUT2D eigenvalue weighted by molar-refractivity contribution is 5.87. The fourth-order valence-corrected chi connectivity index (χ4v) is 3.44. The maximum absolute atomic E-state index is 9.97. The summed E-state index contributed by atoms with van der Waals surface area (Å²) in [6.45, 7) is 0. The topological polar surface area (TPSA) is 86.8 Å². The minimum atomic E-state index is 0.0579. The summed E-state index contributed by atoms with van der Waals surface area (Å²) >= 11 is 0. The Balaban J connectivity index is 1.85. The molecule has 0 atom stereocenters. The zero-order chi connectivity index (χ0) is 22.7. The van der Waals surface area contributed by atoms with Crippen LogP contribution in [0.15, 0.2) is 59.7 Å². The lowest BCUT2D eigenvalue weighted by molar-refractivity contribution is 0.324. The van der Waals surface area contributed by atoms with Crippen molar-refractivity contribution in [3.8, 4) is 40.0 Å². The van der Waals surface area contributed by atoms with Crippen LogP contribution in [-0.4, -0.2) is 49.1 Å². The summed E-state index contributed by atoms with van der Waals surface area (Å²) < 4.78 is 23.4. The SMILES string of the molecule is COc1cc(-c2nc3ccccn3c2N=Cc2cc(OC)c(OC)c(OC)c2)ccc1O. The standard InChI is InChI=1S/C24H23N3O5/c1-29-18-13-16(8-9-17(18)28)22-24(27-10-6-5-7-21(27)26-22)25-14-15-11-19(30-2)23(32-4)20(12-15)31-3/h5-14,28H,1-4H3. The van der Waals surface area contributed by atoms with Crippen molar-refractivity contribution in [2.75, 3.05) is 28.4 Å². The van der Waals surface area contributed by atoms with Gasteiger partial charge in [-0.2, -0.15) is 0 Å². The molecule has 0 fully saturated rings. The Bertz CT molecular complexity index is 1270. The first-order valence-corrected chi connectivity index (χ1v) is 9.78. The fraction of sp³-hybridized carbons (Fsp3) is 0.167. The highest BCUT2D eigenvalue weighted by Gasteiger charge is 2.16. The van der Waals surface area contributed by atoms with Gasteiger partial charge in [-0.1, -0.05) is 6.07 Å². The van der Waals surface area contributed by atoms with Crippen LogP contribution in [0.4, 0.5) is 5.82 Å². The van der Waals surface area contributed by atoms with Gasteiger partial charge >= 0.3 is 0 Å². The largest absolute Gasteiger partial charge is 0.504 e. The Morgan fingerprint density at radius 2 is 1.59 bits per heavy atom. The number of imidazole rings is 1. The van der Waals surface area contributed by atoms with Crippen LogP contribution in [0.2, 0.25) is 0 Å². The van der Waals surface area contributed by atoms with Crippen LogP contribution in [0, 0.1) is 0 Å². The van der Waals surface area contributed by atoms with Crippen LogP contribution >= 0.6 is 0 Å². The second-order valence-electron chi connectivity index (χ2n) is 6.82. The van der Waals surface area contributed by atoms with E-state index in [9.17, 15) is 5.11 Å². The number of fused-ring (bicyclic) bond motifs is 1. The Morgan fingerprint density at radius 1 is 0.875 bits per heavy atom. The minimum Gasteiger partial charge on any atom is -0.504 e. The van der Waals surface area contributed by atoms with E-state index in [1.54, 1.807) is 45.7 Å². The van der Waals surface area contributed by atoms with Crippen LogP contribution in [0.1, 0.15) is 5.56 Å². The normalized spacial score (nSPS) is 11.1. The summed E-state index contributed by atoms with van der Waals surface area (Å²) in [5.41, 5.74) is 2.92. The molecule has 4 aromatic rings. The number of nitrogens with zero attached hydrogens (tertiary/aromatic N) is 3. The number of phenols is 1. The third-order valence-corrected chi connectivity index (χ3v) is 4.98. The smallest absolute Gasteiger partial charge is 0.203 e. The van der Waals surface area contributed by atoms with Gasteiger partial charge in [-0.05, 0) is 42.5 Å². The third-order valence-electron chi connectivity index (χ3n) is 4.98. The van der Waals surface area contributed by atoms with Crippen LogP contribution in [0.3, 0.4) is 0 Å². The molecule has 4 rings (SSSR count). The van der Waals surface area contributed by atoms with Crippen molar-refractivity contribution in [1.29, 1.82) is 0 Å². The van der Waals surface area contributed by atoms with Gasteiger partial charge < -0.3 is 24.1 Å². The average Bonchev–Trinajstić information content (AvgIpc) is 3.20. The molecule has 2 heterocycles. The Labute approximate surface area is 185 Å². The summed E-state index contributed by atoms with van der Waals surface area (Å²) in [4.78, 5) is 9.48. The van der Waals surface area contributed by atoms with Crippen molar-refractivity contribution in [3.05, 3.63) is 60.3 Å². The molecule has 32 heavy (non-hydrogen) atoms. The average molecular weight is 433 g/mol. The van der Waals surface area contributed by atoms with Crippen LogP contribution < -0.4 is 18.9 Å². The molecular formula is C24H23N3O5. The maximum atomic E-state index is 9.97. The number of hydrogen-bond donors (Lipinski definition) is 1. The molecule has 0 amide bonds. The van der Waals surface area contributed by atoms with Gasteiger partial charge in [0.2, 0.25) is 5.75 Å². The molecule has 2 aromatic heterocycles. The number of benzene rings is 2. The van der Waals surface area contributed by atoms with E-state index < -0.39 is 0 Å². The second-order valence-corrected chi connectivity index (χ2v) is 6.82. The summed E-state index contributed by atoms with van der Waals surface area (Å²) in [6, 6.07) is 14.4. The van der Waals surface area contributed by atoms with Gasteiger partial charge in [0.05, 0.1) is 28.4 Å². The molecule has 0 saturated carbocycles. The lowest BCUT2D eigenvalue weighted by Gasteiger charge is -2.12. The van der Waals surface area contributed by atoms with E-state index in [0.717, 1.165) is 16.8 Å². The summed E-state index contributed by atoms with van der Waals surface area (Å²) in [5.74, 6) is 2.63. The van der Waals surface area contributed by atoms with E-state index in [-0.39, 0.29) is 5.75 Å². The van der Waals surface area contributed by atoms with E-state index in [2.05, 4.69) is 0 Å².